The Hall–Kier alpha value is -7.70. The van der Waals surface area contributed by atoms with Crippen LogP contribution >= 0.6 is 8.20 Å². The van der Waals surface area contributed by atoms with E-state index in [1.165, 1.54) is 0 Å². The molecule has 2 aromatic heterocycles. The molecule has 8 aromatic carbocycles. The molecule has 0 radical (unpaired) electrons. The van der Waals surface area contributed by atoms with Crippen molar-refractivity contribution in [2.75, 3.05) is 0 Å². The first-order chi connectivity index (χ1) is 29.2. The van der Waals surface area contributed by atoms with Gasteiger partial charge in [-0.2, -0.15) is 5.26 Å². The molecular weight excluding hydrogens is 736 g/mol. The fraction of sp³-hybridized carbons (Fsp3) is 0. The maximum absolute atomic E-state index is 10.8. The van der Waals surface area contributed by atoms with Gasteiger partial charge in [-0.1, -0.05) is 178 Å². The number of aromatic nitrogens is 3. The largest absolute Gasteiger partial charge is 0.308 e. The molecule has 0 saturated carbocycles. The third-order valence-electron chi connectivity index (χ3n) is 10.9. The minimum atomic E-state index is 0.432. The Bertz CT molecular complexity index is 3150. The van der Waals surface area contributed by atoms with Crippen LogP contribution in [0.1, 0.15) is 5.56 Å². The average molecular weight is 771 g/mol. The van der Waals surface area contributed by atoms with Crippen molar-refractivity contribution in [1.82, 2.24) is 14.5 Å². The number of nitriles is 1. The summed E-state index contributed by atoms with van der Waals surface area (Å²) in [4.78, 5) is 10.7. The topological polar surface area (TPSA) is 54.5 Å². The Morgan fingerprint density at radius 1 is 0.458 bits per heavy atom. The van der Waals surface area contributed by atoms with Crippen LogP contribution in [-0.4, -0.2) is 20.8 Å². The second-order valence-corrected chi connectivity index (χ2v) is 15.2. The molecule has 0 aliphatic rings. The normalized spacial score (nSPS) is 11.2. The van der Waals surface area contributed by atoms with E-state index in [2.05, 4.69) is 156 Å². The van der Waals surface area contributed by atoms with Crippen molar-refractivity contribution >= 4 is 41.6 Å². The molecule has 10 rings (SSSR count). The lowest BCUT2D eigenvalue weighted by molar-refractivity contribution is 1.13. The van der Waals surface area contributed by atoms with Crippen molar-refractivity contribution in [2.24, 2.45) is 0 Å². The molecule has 4 nitrogen and oxygen atoms in total. The summed E-state index contributed by atoms with van der Waals surface area (Å²) in [5, 5.41) is 14.2. The van der Waals surface area contributed by atoms with Crippen LogP contribution in [0.2, 0.25) is 0 Å². The Kier molecular flexibility index (Phi) is 9.28. The molecule has 0 saturated heterocycles. The summed E-state index contributed by atoms with van der Waals surface area (Å²) in [6.07, 6.45) is 4.23. The smallest absolute Gasteiger partial charge is 0.162 e. The summed E-state index contributed by atoms with van der Waals surface area (Å²) in [6, 6.07) is 71.9. The van der Waals surface area contributed by atoms with Crippen LogP contribution in [0.15, 0.2) is 200 Å². The maximum Gasteiger partial charge on any atom is 0.162 e. The lowest BCUT2D eigenvalue weighted by Crippen LogP contribution is -2.06. The van der Waals surface area contributed by atoms with Crippen LogP contribution in [0.5, 0.6) is 0 Å². The zero-order valence-electron chi connectivity index (χ0n) is 32.0. The summed E-state index contributed by atoms with van der Waals surface area (Å²) in [5.41, 5.74) is 13.8. The number of hydrogen-bond donors (Lipinski definition) is 0. The fourth-order valence-electron chi connectivity index (χ4n) is 8.22. The van der Waals surface area contributed by atoms with E-state index in [-0.39, 0.29) is 0 Å². The monoisotopic (exact) mass is 770 g/mol. The molecule has 0 N–H and O–H groups in total. The highest BCUT2D eigenvalue weighted by Crippen LogP contribution is 2.46. The summed E-state index contributed by atoms with van der Waals surface area (Å²) < 4.78 is 2.40. The molecule has 5 heteroatoms. The Morgan fingerprint density at radius 2 is 0.932 bits per heavy atom. The van der Waals surface area contributed by atoms with Crippen LogP contribution in [0, 0.1) is 11.3 Å². The number of hydrogen-bond acceptors (Lipinski definition) is 3. The summed E-state index contributed by atoms with van der Waals surface area (Å²) in [6.45, 7) is 0. The zero-order valence-corrected chi connectivity index (χ0v) is 32.9. The molecule has 59 heavy (non-hydrogen) atoms. The molecule has 0 unspecified atom stereocenters. The van der Waals surface area contributed by atoms with E-state index in [0.717, 1.165) is 91.1 Å². The van der Waals surface area contributed by atoms with Crippen molar-refractivity contribution in [3.05, 3.63) is 206 Å². The van der Waals surface area contributed by atoms with Crippen molar-refractivity contribution in [1.29, 1.82) is 5.26 Å². The quantitative estimate of drug-likeness (QED) is 0.145. The fourth-order valence-corrected chi connectivity index (χ4v) is 8.62. The first-order valence-electron chi connectivity index (χ1n) is 19.5. The highest BCUT2D eigenvalue weighted by molar-refractivity contribution is 7.45. The van der Waals surface area contributed by atoms with Crippen LogP contribution < -0.4 is 5.30 Å². The zero-order chi connectivity index (χ0) is 39.7. The van der Waals surface area contributed by atoms with Crippen molar-refractivity contribution < 1.29 is 0 Å². The van der Waals surface area contributed by atoms with Gasteiger partial charge in [0.2, 0.25) is 0 Å². The van der Waals surface area contributed by atoms with Gasteiger partial charge >= 0.3 is 0 Å². The van der Waals surface area contributed by atoms with Gasteiger partial charge in [-0.25, -0.2) is 9.97 Å². The summed E-state index contributed by atoms with van der Waals surface area (Å²) in [7, 11) is 0.948. The Balaban J connectivity index is 1.39. The van der Waals surface area contributed by atoms with Crippen LogP contribution in [0.4, 0.5) is 0 Å². The molecule has 0 spiro atoms. The standard InChI is InChI=1S/C54H35N4P/c1-59-42-28-32-49-46(34-42)45-33-41(36-17-7-2-8-18-36)27-31-48(45)58(49)53-44(30-29-43(37-19-9-3-10-20-37)50(53)38-21-11-4-12-22-38)54-56-51(39-23-13-5-14-24-39)47(35-55)52(57-54)40-25-15-6-16-26-40/h2-34H,1H2. The molecular formula is C54H35N4P. The minimum Gasteiger partial charge on any atom is -0.308 e. The lowest BCUT2D eigenvalue weighted by Gasteiger charge is -2.22. The molecule has 0 aliphatic heterocycles. The molecule has 0 atom stereocenters. The second-order valence-electron chi connectivity index (χ2n) is 14.4. The van der Waals surface area contributed by atoms with E-state index in [1.54, 1.807) is 0 Å². The van der Waals surface area contributed by atoms with Gasteiger partial charge in [-0.3, -0.25) is 0 Å². The van der Waals surface area contributed by atoms with Gasteiger partial charge in [0.05, 0.1) is 28.1 Å². The molecule has 0 aliphatic carbocycles. The van der Waals surface area contributed by atoms with E-state index < -0.39 is 0 Å². The third kappa shape index (κ3) is 6.41. The van der Waals surface area contributed by atoms with Gasteiger partial charge < -0.3 is 4.57 Å². The van der Waals surface area contributed by atoms with E-state index >= 15 is 0 Å². The number of rotatable bonds is 8. The second kappa shape index (κ2) is 15.3. The maximum atomic E-state index is 10.8. The molecule has 0 fully saturated rings. The van der Waals surface area contributed by atoms with Gasteiger partial charge in [-0.15, -0.1) is 0 Å². The van der Waals surface area contributed by atoms with E-state index in [0.29, 0.717) is 22.8 Å². The Morgan fingerprint density at radius 3 is 1.47 bits per heavy atom. The van der Waals surface area contributed by atoms with Crippen molar-refractivity contribution in [3.8, 4) is 79.0 Å². The molecule has 0 bridgehead atoms. The SMILES string of the molecule is C=Pc1ccc2c(c1)c1cc(-c3ccccc3)ccc1n2-c1c(-c2nc(-c3ccccc3)c(C#N)c(-c3ccccc3)n2)ccc(-c2ccccc2)c1-c1ccccc1. The van der Waals surface area contributed by atoms with Gasteiger partial charge in [0.15, 0.2) is 5.82 Å². The third-order valence-corrected chi connectivity index (χ3v) is 11.6. The number of benzene rings is 8. The Labute approximate surface area is 344 Å². The summed E-state index contributed by atoms with van der Waals surface area (Å²) in [5.74, 6) is 0.525. The molecule has 10 aromatic rings. The van der Waals surface area contributed by atoms with Gasteiger partial charge in [0.1, 0.15) is 11.6 Å². The van der Waals surface area contributed by atoms with Gasteiger partial charge in [-0.05, 0) is 64.2 Å². The summed E-state index contributed by atoms with van der Waals surface area (Å²) >= 11 is 0. The van der Waals surface area contributed by atoms with Crippen molar-refractivity contribution in [3.63, 3.8) is 0 Å². The van der Waals surface area contributed by atoms with E-state index in [4.69, 9.17) is 9.97 Å². The van der Waals surface area contributed by atoms with Gasteiger partial charge in [0.25, 0.3) is 0 Å². The predicted molar refractivity (Wildman–Crippen MR) is 247 cm³/mol. The highest BCUT2D eigenvalue weighted by atomic mass is 31.1. The van der Waals surface area contributed by atoms with Crippen molar-refractivity contribution in [2.45, 2.75) is 0 Å². The van der Waals surface area contributed by atoms with E-state index in [1.807, 2.05) is 60.7 Å². The number of nitrogens with zero attached hydrogens (tertiary/aromatic N) is 4. The molecule has 2 heterocycles. The first-order valence-corrected chi connectivity index (χ1v) is 20.6. The minimum absolute atomic E-state index is 0.432. The molecule has 276 valence electrons. The predicted octanol–water partition coefficient (Wildman–Crippen LogP) is 13.5. The van der Waals surface area contributed by atoms with Gasteiger partial charge in [0, 0.05) is 38.3 Å². The highest BCUT2D eigenvalue weighted by Gasteiger charge is 2.26. The van der Waals surface area contributed by atoms with Crippen LogP contribution in [-0.2, 0) is 0 Å². The van der Waals surface area contributed by atoms with Crippen LogP contribution in [0.3, 0.4) is 0 Å². The average Bonchev–Trinajstić information content (AvgIpc) is 3.64. The first kappa shape index (κ1) is 35.7. The number of fused-ring (bicyclic) bond motifs is 3. The van der Waals surface area contributed by atoms with Crippen LogP contribution in [0.25, 0.3) is 94.8 Å². The van der Waals surface area contributed by atoms with E-state index in [9.17, 15) is 5.26 Å². The molecule has 0 amide bonds. The lowest BCUT2D eigenvalue weighted by atomic mass is 9.89.